The third-order valence-electron chi connectivity index (χ3n) is 5.27. The maximum atomic E-state index is 11.5. The first-order valence-electron chi connectivity index (χ1n) is 9.17. The molecular weight excluding hydrogens is 358 g/mol. The average Bonchev–Trinajstić information content (AvgIpc) is 3.08. The number of nitrogens with zero attached hydrogens (tertiary/aromatic N) is 3. The van der Waals surface area contributed by atoms with Gasteiger partial charge in [0.25, 0.3) is 0 Å². The van der Waals surface area contributed by atoms with Gasteiger partial charge in [0, 0.05) is 13.0 Å². The zero-order chi connectivity index (χ0) is 19.7. The minimum atomic E-state index is -0.413. The molecule has 1 unspecified atom stereocenters. The van der Waals surface area contributed by atoms with Crippen LogP contribution in [0.4, 0.5) is 11.4 Å². The second-order valence-corrected chi connectivity index (χ2v) is 6.83. The summed E-state index contributed by atoms with van der Waals surface area (Å²) in [6, 6.07) is 15.9. The number of ether oxygens (including phenoxy) is 1. The van der Waals surface area contributed by atoms with Crippen molar-refractivity contribution in [3.05, 3.63) is 81.2 Å². The van der Waals surface area contributed by atoms with E-state index < -0.39 is 4.92 Å². The number of hydrogen-bond acceptors (Lipinski definition) is 6. The topological polar surface area (TPSA) is 81.6 Å². The van der Waals surface area contributed by atoms with Crippen LogP contribution in [0.25, 0.3) is 0 Å². The van der Waals surface area contributed by atoms with E-state index in [0.29, 0.717) is 17.9 Å². The highest BCUT2D eigenvalue weighted by Crippen LogP contribution is 2.41. The van der Waals surface area contributed by atoms with Gasteiger partial charge in [0.1, 0.15) is 5.75 Å². The molecule has 1 aliphatic heterocycles. The molecule has 1 atom stereocenters. The molecule has 2 aromatic carbocycles. The van der Waals surface area contributed by atoms with E-state index in [1.807, 2.05) is 36.4 Å². The Kier molecular flexibility index (Phi) is 4.73. The van der Waals surface area contributed by atoms with E-state index in [1.165, 1.54) is 5.56 Å². The number of aryl methyl sites for hydroxylation is 1. The van der Waals surface area contributed by atoms with Crippen molar-refractivity contribution >= 4 is 11.4 Å². The van der Waals surface area contributed by atoms with E-state index in [0.717, 1.165) is 30.0 Å². The summed E-state index contributed by atoms with van der Waals surface area (Å²) in [6.07, 6.45) is 1.24. The quantitative estimate of drug-likeness (QED) is 0.487. The molecule has 0 aliphatic carbocycles. The highest BCUT2D eigenvalue weighted by Gasteiger charge is 2.34. The molecule has 4 rings (SSSR count). The first kappa shape index (κ1) is 18.0. The molecule has 7 nitrogen and oxygen atoms in total. The molecule has 1 aliphatic rings. The molecule has 7 heteroatoms. The van der Waals surface area contributed by atoms with Crippen LogP contribution in [0.5, 0.6) is 5.75 Å². The summed E-state index contributed by atoms with van der Waals surface area (Å²) < 4.78 is 10.9. The molecule has 1 aromatic heterocycles. The molecule has 28 heavy (non-hydrogen) atoms. The van der Waals surface area contributed by atoms with Crippen LogP contribution in [0.1, 0.15) is 28.6 Å². The van der Waals surface area contributed by atoms with Gasteiger partial charge in [-0.25, -0.2) is 0 Å². The van der Waals surface area contributed by atoms with Gasteiger partial charge in [-0.3, -0.25) is 10.1 Å². The molecule has 0 spiro atoms. The first-order valence-corrected chi connectivity index (χ1v) is 9.17. The van der Waals surface area contributed by atoms with Crippen LogP contribution in [0.15, 0.2) is 53.1 Å². The molecule has 144 valence electrons. The van der Waals surface area contributed by atoms with E-state index in [1.54, 1.807) is 14.0 Å². The van der Waals surface area contributed by atoms with Gasteiger partial charge in [-0.2, -0.15) is 0 Å². The van der Waals surface area contributed by atoms with Crippen molar-refractivity contribution in [3.8, 4) is 5.75 Å². The Morgan fingerprint density at radius 2 is 2.00 bits per heavy atom. The van der Waals surface area contributed by atoms with Gasteiger partial charge >= 0.3 is 5.69 Å². The molecule has 0 saturated heterocycles. The predicted molar refractivity (Wildman–Crippen MR) is 105 cm³/mol. The van der Waals surface area contributed by atoms with Gasteiger partial charge in [0.05, 0.1) is 23.8 Å². The number of aromatic nitrogens is 1. The summed E-state index contributed by atoms with van der Waals surface area (Å²) in [6.45, 7) is 2.38. The highest BCUT2D eigenvalue weighted by molar-refractivity contribution is 5.61. The molecular formula is C21H21N3O4. The van der Waals surface area contributed by atoms with Crippen LogP contribution in [-0.4, -0.2) is 23.7 Å². The number of para-hydroxylation sites is 2. The minimum Gasteiger partial charge on any atom is -0.495 e. The minimum absolute atomic E-state index is 0.0389. The summed E-state index contributed by atoms with van der Waals surface area (Å²) in [5.41, 5.74) is 3.61. The lowest BCUT2D eigenvalue weighted by atomic mass is 9.89. The van der Waals surface area contributed by atoms with E-state index >= 15 is 0 Å². The van der Waals surface area contributed by atoms with Gasteiger partial charge in [0.15, 0.2) is 5.69 Å². The molecule has 0 saturated carbocycles. The Morgan fingerprint density at radius 1 is 1.25 bits per heavy atom. The maximum absolute atomic E-state index is 11.5. The third-order valence-corrected chi connectivity index (χ3v) is 5.27. The van der Waals surface area contributed by atoms with Gasteiger partial charge < -0.3 is 14.2 Å². The molecule has 0 bridgehead atoms. The second kappa shape index (κ2) is 7.34. The van der Waals surface area contributed by atoms with Crippen molar-refractivity contribution in [1.82, 2.24) is 5.16 Å². The van der Waals surface area contributed by atoms with Crippen LogP contribution in [-0.2, 0) is 12.8 Å². The Labute approximate surface area is 162 Å². The fraction of sp³-hybridized carbons (Fsp3) is 0.286. The Balaban J connectivity index is 1.80. The third kappa shape index (κ3) is 3.09. The Bertz CT molecular complexity index is 1010. The standard InChI is InChI=1S/C21H21N3O4/c1-14-21(24(25)26)20(28-22-14)13-18-16-8-4-3-7-15(16)11-12-23(18)17-9-5-6-10-19(17)27-2/h3-10,18H,11-13H2,1-2H3. The van der Waals surface area contributed by atoms with Gasteiger partial charge in [-0.1, -0.05) is 41.6 Å². The van der Waals surface area contributed by atoms with E-state index in [4.69, 9.17) is 9.26 Å². The molecule has 0 amide bonds. The normalized spacial score (nSPS) is 15.9. The van der Waals surface area contributed by atoms with Crippen LogP contribution >= 0.6 is 0 Å². The molecule has 0 fully saturated rings. The van der Waals surface area contributed by atoms with Crippen LogP contribution in [0.2, 0.25) is 0 Å². The predicted octanol–water partition coefficient (Wildman–Crippen LogP) is 4.25. The number of nitro groups is 1. The number of hydrogen-bond donors (Lipinski definition) is 0. The molecule has 0 radical (unpaired) electrons. The van der Waals surface area contributed by atoms with Crippen molar-refractivity contribution < 1.29 is 14.2 Å². The van der Waals surface area contributed by atoms with Crippen LogP contribution < -0.4 is 9.64 Å². The summed E-state index contributed by atoms with van der Waals surface area (Å²) in [4.78, 5) is 13.3. The number of methoxy groups -OCH3 is 1. The number of anilines is 1. The van der Waals surface area contributed by atoms with E-state index in [9.17, 15) is 10.1 Å². The largest absolute Gasteiger partial charge is 0.495 e. The van der Waals surface area contributed by atoms with Crippen molar-refractivity contribution in [2.24, 2.45) is 0 Å². The fourth-order valence-electron chi connectivity index (χ4n) is 3.98. The second-order valence-electron chi connectivity index (χ2n) is 6.83. The smallest absolute Gasteiger partial charge is 0.334 e. The summed E-state index contributed by atoms with van der Waals surface area (Å²) >= 11 is 0. The lowest BCUT2D eigenvalue weighted by Crippen LogP contribution is -2.37. The average molecular weight is 379 g/mol. The fourth-order valence-corrected chi connectivity index (χ4v) is 3.98. The zero-order valence-corrected chi connectivity index (χ0v) is 15.8. The van der Waals surface area contributed by atoms with Crippen molar-refractivity contribution in [3.63, 3.8) is 0 Å². The monoisotopic (exact) mass is 379 g/mol. The molecule has 3 aromatic rings. The van der Waals surface area contributed by atoms with E-state index in [2.05, 4.69) is 22.2 Å². The first-order chi connectivity index (χ1) is 13.6. The Morgan fingerprint density at radius 3 is 2.79 bits per heavy atom. The number of rotatable bonds is 5. The Hall–Kier alpha value is -3.35. The summed E-state index contributed by atoms with van der Waals surface area (Å²) in [7, 11) is 1.65. The van der Waals surface area contributed by atoms with Crippen molar-refractivity contribution in [2.45, 2.75) is 25.8 Å². The number of benzene rings is 2. The van der Waals surface area contributed by atoms with Crippen molar-refractivity contribution in [1.29, 1.82) is 0 Å². The highest BCUT2D eigenvalue weighted by atomic mass is 16.6. The summed E-state index contributed by atoms with van der Waals surface area (Å²) in [5, 5.41) is 15.3. The molecule has 0 N–H and O–H groups in total. The zero-order valence-electron chi connectivity index (χ0n) is 15.8. The molecule has 2 heterocycles. The van der Waals surface area contributed by atoms with Gasteiger partial charge in [-0.05, 0) is 36.6 Å². The van der Waals surface area contributed by atoms with Gasteiger partial charge in [-0.15, -0.1) is 0 Å². The van der Waals surface area contributed by atoms with Crippen LogP contribution in [0, 0.1) is 17.0 Å². The van der Waals surface area contributed by atoms with Gasteiger partial charge in [0.2, 0.25) is 5.76 Å². The van der Waals surface area contributed by atoms with Crippen LogP contribution in [0.3, 0.4) is 0 Å². The lowest BCUT2D eigenvalue weighted by molar-refractivity contribution is -0.386. The number of fused-ring (bicyclic) bond motifs is 1. The summed E-state index contributed by atoms with van der Waals surface area (Å²) in [5.74, 6) is 1.07. The van der Waals surface area contributed by atoms with E-state index in [-0.39, 0.29) is 11.7 Å². The lowest BCUT2D eigenvalue weighted by Gasteiger charge is -2.39. The maximum Gasteiger partial charge on any atom is 0.334 e. The van der Waals surface area contributed by atoms with Crippen molar-refractivity contribution in [2.75, 3.05) is 18.6 Å². The SMILES string of the molecule is COc1ccccc1N1CCc2ccccc2C1Cc1onc(C)c1[N+](=O)[O-].